The summed E-state index contributed by atoms with van der Waals surface area (Å²) in [5.74, 6) is -0.509. The first-order valence-corrected chi connectivity index (χ1v) is 7.59. The number of hydrogen-bond acceptors (Lipinski definition) is 3. The molecule has 1 aliphatic rings. The summed E-state index contributed by atoms with van der Waals surface area (Å²) >= 11 is 3.42. The van der Waals surface area contributed by atoms with Crippen molar-refractivity contribution in [3.63, 3.8) is 0 Å². The molecule has 0 N–H and O–H groups in total. The van der Waals surface area contributed by atoms with E-state index in [9.17, 15) is 9.59 Å². The summed E-state index contributed by atoms with van der Waals surface area (Å²) in [5.41, 5.74) is 0.636. The van der Waals surface area contributed by atoms with Gasteiger partial charge in [0.2, 0.25) is 0 Å². The number of nitrogens with zero attached hydrogens (tertiary/aromatic N) is 2. The van der Waals surface area contributed by atoms with Crippen LogP contribution in [0.3, 0.4) is 0 Å². The van der Waals surface area contributed by atoms with Crippen LogP contribution in [0.5, 0.6) is 0 Å². The van der Waals surface area contributed by atoms with Gasteiger partial charge in [0, 0.05) is 23.3 Å². The van der Waals surface area contributed by atoms with E-state index in [1.54, 1.807) is 4.90 Å². The first-order chi connectivity index (χ1) is 9.56. The van der Waals surface area contributed by atoms with Gasteiger partial charge in [-0.25, -0.2) is 0 Å². The molecule has 2 rings (SSSR count). The van der Waals surface area contributed by atoms with Crippen molar-refractivity contribution >= 4 is 27.8 Å². The number of ether oxygens (including phenoxy) is 1. The second-order valence-electron chi connectivity index (χ2n) is 4.98. The third-order valence-electron chi connectivity index (χ3n) is 3.30. The molecule has 0 bridgehead atoms. The highest BCUT2D eigenvalue weighted by molar-refractivity contribution is 9.10. The molecule has 110 valence electrons. The predicted octanol–water partition coefficient (Wildman–Crippen LogP) is 2.61. The summed E-state index contributed by atoms with van der Waals surface area (Å²) in [6, 6.07) is 2.24. The molecule has 0 unspecified atom stereocenters. The third-order valence-corrected chi connectivity index (χ3v) is 3.74. The average molecular weight is 343 g/mol. The Kier molecular flexibility index (Phi) is 4.86. The second kappa shape index (κ2) is 6.43. The number of amides is 1. The van der Waals surface area contributed by atoms with Crippen molar-refractivity contribution in [3.8, 4) is 0 Å². The van der Waals surface area contributed by atoms with Crippen LogP contribution in [0, 0.1) is 0 Å². The Labute approximate surface area is 127 Å². The maximum absolute atomic E-state index is 12.6. The van der Waals surface area contributed by atoms with Crippen molar-refractivity contribution in [1.82, 2.24) is 9.47 Å². The molecule has 1 fully saturated rings. The standard InChI is InChI=1S/C14H19BrN2O3/c1-3-6-16(9-13(18)20-2)14(19)12-7-10(15)8-17(12)11-4-5-11/h7-8,11H,3-6,9H2,1-2H3. The van der Waals surface area contributed by atoms with E-state index in [1.807, 2.05) is 23.8 Å². The van der Waals surface area contributed by atoms with Crippen molar-refractivity contribution in [3.05, 3.63) is 22.4 Å². The molecule has 0 atom stereocenters. The van der Waals surface area contributed by atoms with E-state index in [4.69, 9.17) is 0 Å². The number of carbonyl (C=O) groups excluding carboxylic acids is 2. The number of aromatic nitrogens is 1. The molecule has 0 aliphatic heterocycles. The summed E-state index contributed by atoms with van der Waals surface area (Å²) in [7, 11) is 1.33. The normalized spacial score (nSPS) is 14.2. The smallest absolute Gasteiger partial charge is 0.325 e. The van der Waals surface area contributed by atoms with Crippen molar-refractivity contribution in [2.45, 2.75) is 32.2 Å². The molecule has 1 heterocycles. The molecule has 1 amide bonds. The Morgan fingerprint density at radius 2 is 2.20 bits per heavy atom. The van der Waals surface area contributed by atoms with Gasteiger partial charge in [0.1, 0.15) is 12.2 Å². The van der Waals surface area contributed by atoms with Gasteiger partial charge in [-0.05, 0) is 41.3 Å². The molecule has 1 aliphatic carbocycles. The number of rotatable bonds is 6. The largest absolute Gasteiger partial charge is 0.468 e. The Hall–Kier alpha value is -1.30. The van der Waals surface area contributed by atoms with Crippen LogP contribution in [-0.4, -0.2) is 41.5 Å². The lowest BCUT2D eigenvalue weighted by atomic mass is 10.3. The van der Waals surface area contributed by atoms with Crippen LogP contribution in [0.2, 0.25) is 0 Å². The van der Waals surface area contributed by atoms with Gasteiger partial charge in [-0.1, -0.05) is 6.92 Å². The average Bonchev–Trinajstić information content (AvgIpc) is 3.20. The minimum absolute atomic E-state index is 0.00333. The summed E-state index contributed by atoms with van der Waals surface area (Å²) in [4.78, 5) is 25.6. The molecular formula is C14H19BrN2O3. The van der Waals surface area contributed by atoms with Crippen molar-refractivity contribution in [2.24, 2.45) is 0 Å². The summed E-state index contributed by atoms with van der Waals surface area (Å²) < 4.78 is 7.56. The highest BCUT2D eigenvalue weighted by Gasteiger charge is 2.30. The molecular weight excluding hydrogens is 324 g/mol. The lowest BCUT2D eigenvalue weighted by molar-refractivity contribution is -0.141. The molecule has 0 aromatic carbocycles. The minimum Gasteiger partial charge on any atom is -0.468 e. The summed E-state index contributed by atoms with van der Waals surface area (Å²) in [6.07, 6.45) is 4.94. The Morgan fingerprint density at radius 1 is 1.50 bits per heavy atom. The number of esters is 1. The van der Waals surface area contributed by atoms with Crippen LogP contribution in [-0.2, 0) is 9.53 Å². The van der Waals surface area contributed by atoms with Gasteiger partial charge < -0.3 is 14.2 Å². The van der Waals surface area contributed by atoms with Gasteiger partial charge in [-0.2, -0.15) is 0 Å². The minimum atomic E-state index is -0.393. The maximum Gasteiger partial charge on any atom is 0.325 e. The van der Waals surface area contributed by atoms with Crippen molar-refractivity contribution in [2.75, 3.05) is 20.2 Å². The van der Waals surface area contributed by atoms with Crippen LogP contribution in [0.4, 0.5) is 0 Å². The molecule has 0 radical (unpaired) electrons. The predicted molar refractivity (Wildman–Crippen MR) is 78.6 cm³/mol. The summed E-state index contributed by atoms with van der Waals surface area (Å²) in [6.45, 7) is 2.52. The van der Waals surface area contributed by atoms with Crippen LogP contribution in [0.15, 0.2) is 16.7 Å². The maximum atomic E-state index is 12.6. The third kappa shape index (κ3) is 3.42. The molecule has 1 aromatic heterocycles. The van der Waals surface area contributed by atoms with E-state index in [2.05, 4.69) is 20.7 Å². The number of methoxy groups -OCH3 is 1. The van der Waals surface area contributed by atoms with Crippen molar-refractivity contribution in [1.29, 1.82) is 0 Å². The topological polar surface area (TPSA) is 51.5 Å². The Balaban J connectivity index is 2.20. The van der Waals surface area contributed by atoms with Gasteiger partial charge in [0.15, 0.2) is 0 Å². The van der Waals surface area contributed by atoms with Gasteiger partial charge in [-0.15, -0.1) is 0 Å². The Bertz CT molecular complexity index is 509. The SMILES string of the molecule is CCCN(CC(=O)OC)C(=O)c1cc(Br)cn1C1CC1. The second-order valence-corrected chi connectivity index (χ2v) is 5.90. The van der Waals surface area contributed by atoms with Gasteiger partial charge in [0.05, 0.1) is 7.11 Å². The fourth-order valence-electron chi connectivity index (χ4n) is 2.18. The number of halogens is 1. The zero-order valence-corrected chi connectivity index (χ0v) is 13.4. The van der Waals surface area contributed by atoms with Gasteiger partial charge >= 0.3 is 5.97 Å². The van der Waals surface area contributed by atoms with Crippen LogP contribution in [0.25, 0.3) is 0 Å². The van der Waals surface area contributed by atoms with Crippen LogP contribution >= 0.6 is 15.9 Å². The molecule has 1 aromatic rings. The van der Waals surface area contributed by atoms with E-state index < -0.39 is 5.97 Å². The van der Waals surface area contributed by atoms with E-state index in [-0.39, 0.29) is 12.5 Å². The van der Waals surface area contributed by atoms with E-state index in [0.717, 1.165) is 23.7 Å². The lowest BCUT2D eigenvalue weighted by Crippen LogP contribution is -2.37. The fraction of sp³-hybridized carbons (Fsp3) is 0.571. The van der Waals surface area contributed by atoms with Gasteiger partial charge in [0.25, 0.3) is 5.91 Å². The summed E-state index contributed by atoms with van der Waals surface area (Å²) in [5, 5.41) is 0. The first-order valence-electron chi connectivity index (χ1n) is 6.80. The fourth-order valence-corrected chi connectivity index (χ4v) is 2.61. The first kappa shape index (κ1) is 15.1. The molecule has 0 saturated heterocycles. The highest BCUT2D eigenvalue weighted by Crippen LogP contribution is 2.37. The Morgan fingerprint density at radius 3 is 2.75 bits per heavy atom. The van der Waals surface area contributed by atoms with Crippen LogP contribution < -0.4 is 0 Å². The molecule has 0 spiro atoms. The van der Waals surface area contributed by atoms with E-state index in [0.29, 0.717) is 18.3 Å². The zero-order valence-electron chi connectivity index (χ0n) is 11.8. The van der Waals surface area contributed by atoms with Crippen LogP contribution in [0.1, 0.15) is 42.7 Å². The highest BCUT2D eigenvalue weighted by atomic mass is 79.9. The number of hydrogen-bond donors (Lipinski definition) is 0. The quantitative estimate of drug-likeness (QED) is 0.746. The monoisotopic (exact) mass is 342 g/mol. The molecule has 6 heteroatoms. The number of carbonyl (C=O) groups is 2. The lowest BCUT2D eigenvalue weighted by Gasteiger charge is -2.21. The molecule has 20 heavy (non-hydrogen) atoms. The van der Waals surface area contributed by atoms with Gasteiger partial charge in [-0.3, -0.25) is 9.59 Å². The molecule has 5 nitrogen and oxygen atoms in total. The van der Waals surface area contributed by atoms with Crippen molar-refractivity contribution < 1.29 is 14.3 Å². The zero-order chi connectivity index (χ0) is 14.7. The van der Waals surface area contributed by atoms with E-state index in [1.165, 1.54) is 7.11 Å². The molecule has 1 saturated carbocycles. The van der Waals surface area contributed by atoms with E-state index >= 15 is 0 Å².